The fraction of sp³-hybridized carbons (Fsp3) is 0.143. The van der Waals surface area contributed by atoms with E-state index in [4.69, 9.17) is 5.11 Å². The number of rotatable bonds is 2. The van der Waals surface area contributed by atoms with E-state index in [9.17, 15) is 9.59 Å². The Morgan fingerprint density at radius 1 is 1.20 bits per heavy atom. The Kier molecular flexibility index (Phi) is 2.90. The zero-order valence-corrected chi connectivity index (χ0v) is 10.5. The molecule has 6 nitrogen and oxygen atoms in total. The van der Waals surface area contributed by atoms with Crippen LogP contribution in [0.15, 0.2) is 36.5 Å². The van der Waals surface area contributed by atoms with E-state index in [2.05, 4.69) is 9.97 Å². The molecular weight excluding hydrogens is 258 g/mol. The summed E-state index contributed by atoms with van der Waals surface area (Å²) in [4.78, 5) is 32.5. The Hall–Kier alpha value is -2.76. The molecule has 2 aromatic rings. The van der Waals surface area contributed by atoms with Crippen molar-refractivity contribution >= 4 is 17.6 Å². The average Bonchev–Trinajstić information content (AvgIpc) is 2.90. The van der Waals surface area contributed by atoms with E-state index in [1.54, 1.807) is 4.90 Å². The third-order valence-corrected chi connectivity index (χ3v) is 3.20. The van der Waals surface area contributed by atoms with Gasteiger partial charge in [-0.15, -0.1) is 0 Å². The van der Waals surface area contributed by atoms with Crippen molar-refractivity contribution in [3.8, 4) is 0 Å². The molecule has 1 amide bonds. The van der Waals surface area contributed by atoms with Crippen LogP contribution in [-0.4, -0.2) is 33.5 Å². The molecular formula is C14H11N3O3. The van der Waals surface area contributed by atoms with E-state index < -0.39 is 5.97 Å². The smallest absolute Gasteiger partial charge is 0.354 e. The summed E-state index contributed by atoms with van der Waals surface area (Å²) in [5.74, 6) is -1.65. The van der Waals surface area contributed by atoms with Crippen LogP contribution in [0.3, 0.4) is 0 Å². The van der Waals surface area contributed by atoms with Gasteiger partial charge in [0.1, 0.15) is 0 Å². The SMILES string of the molecule is O=C(O)c1ccnc(C(=O)N2CCc3ccccc32)n1. The average molecular weight is 269 g/mol. The third-order valence-electron chi connectivity index (χ3n) is 3.20. The molecule has 1 aliphatic heterocycles. The lowest BCUT2D eigenvalue weighted by Gasteiger charge is -2.16. The van der Waals surface area contributed by atoms with Gasteiger partial charge in [-0.2, -0.15) is 0 Å². The number of hydrogen-bond donors (Lipinski definition) is 1. The molecule has 3 rings (SSSR count). The van der Waals surface area contributed by atoms with Crippen molar-refractivity contribution < 1.29 is 14.7 Å². The zero-order valence-electron chi connectivity index (χ0n) is 10.5. The molecule has 0 unspecified atom stereocenters. The number of hydrogen-bond acceptors (Lipinski definition) is 4. The minimum absolute atomic E-state index is 0.0957. The summed E-state index contributed by atoms with van der Waals surface area (Å²) in [5.41, 5.74) is 1.74. The number of carboxylic acid groups (broad SMARTS) is 1. The van der Waals surface area contributed by atoms with E-state index >= 15 is 0 Å². The molecule has 0 radical (unpaired) electrons. The Bertz CT molecular complexity index is 700. The number of carbonyl (C=O) groups is 2. The van der Waals surface area contributed by atoms with Gasteiger partial charge >= 0.3 is 5.97 Å². The largest absolute Gasteiger partial charge is 0.477 e. The van der Waals surface area contributed by atoms with Gasteiger partial charge in [-0.1, -0.05) is 18.2 Å². The first kappa shape index (κ1) is 12.3. The highest BCUT2D eigenvalue weighted by molar-refractivity contribution is 6.05. The van der Waals surface area contributed by atoms with Gasteiger partial charge in [-0.25, -0.2) is 14.8 Å². The van der Waals surface area contributed by atoms with Gasteiger partial charge in [-0.05, 0) is 24.1 Å². The molecule has 1 N–H and O–H groups in total. The summed E-state index contributed by atoms with van der Waals surface area (Å²) in [5, 5.41) is 8.90. The van der Waals surface area contributed by atoms with Gasteiger partial charge in [0.15, 0.2) is 5.69 Å². The van der Waals surface area contributed by atoms with Crippen molar-refractivity contribution in [2.75, 3.05) is 11.4 Å². The monoisotopic (exact) mass is 269 g/mol. The molecule has 1 aromatic carbocycles. The number of para-hydroxylation sites is 1. The predicted octanol–water partition coefficient (Wildman–Crippen LogP) is 1.38. The molecule has 2 heterocycles. The highest BCUT2D eigenvalue weighted by Gasteiger charge is 2.27. The quantitative estimate of drug-likeness (QED) is 0.890. The minimum Gasteiger partial charge on any atom is -0.477 e. The number of aromatic carboxylic acids is 1. The normalized spacial score (nSPS) is 13.1. The number of benzene rings is 1. The lowest BCUT2D eigenvalue weighted by Crippen LogP contribution is -2.30. The number of carbonyl (C=O) groups excluding carboxylic acids is 1. The van der Waals surface area contributed by atoms with Crippen LogP contribution in [0, 0.1) is 0 Å². The van der Waals surface area contributed by atoms with Crippen molar-refractivity contribution in [2.45, 2.75) is 6.42 Å². The van der Waals surface area contributed by atoms with Crippen LogP contribution < -0.4 is 4.90 Å². The molecule has 1 aliphatic rings. The molecule has 20 heavy (non-hydrogen) atoms. The molecule has 0 fully saturated rings. The first-order valence-corrected chi connectivity index (χ1v) is 6.13. The number of carboxylic acids is 1. The van der Waals surface area contributed by atoms with E-state index in [0.29, 0.717) is 6.54 Å². The van der Waals surface area contributed by atoms with Crippen molar-refractivity contribution in [2.24, 2.45) is 0 Å². The molecule has 100 valence electrons. The standard InChI is InChI=1S/C14H11N3O3/c18-13(12-15-7-5-10(16-12)14(19)20)17-8-6-9-3-1-2-4-11(9)17/h1-5,7H,6,8H2,(H,19,20). The molecule has 1 aromatic heterocycles. The van der Waals surface area contributed by atoms with E-state index in [1.165, 1.54) is 12.3 Å². The van der Waals surface area contributed by atoms with Crippen LogP contribution >= 0.6 is 0 Å². The van der Waals surface area contributed by atoms with Crippen LogP contribution in [0.2, 0.25) is 0 Å². The topological polar surface area (TPSA) is 83.4 Å². The second-order valence-corrected chi connectivity index (χ2v) is 4.41. The number of anilines is 1. The Morgan fingerprint density at radius 3 is 2.80 bits per heavy atom. The molecule has 0 spiro atoms. The van der Waals surface area contributed by atoms with Crippen LogP contribution in [0.1, 0.15) is 26.7 Å². The highest BCUT2D eigenvalue weighted by Crippen LogP contribution is 2.28. The van der Waals surface area contributed by atoms with Crippen molar-refractivity contribution in [1.82, 2.24) is 9.97 Å². The zero-order chi connectivity index (χ0) is 14.1. The van der Waals surface area contributed by atoms with E-state index in [-0.39, 0.29) is 17.4 Å². The second kappa shape index (κ2) is 4.73. The van der Waals surface area contributed by atoms with E-state index in [1.807, 2.05) is 24.3 Å². The third kappa shape index (κ3) is 2.01. The molecule has 0 atom stereocenters. The Balaban J connectivity index is 1.95. The molecule has 0 bridgehead atoms. The predicted molar refractivity (Wildman–Crippen MR) is 70.8 cm³/mol. The lowest BCUT2D eigenvalue weighted by molar-refractivity contribution is 0.0690. The number of amides is 1. The first-order valence-electron chi connectivity index (χ1n) is 6.13. The summed E-state index contributed by atoms with van der Waals surface area (Å²) >= 11 is 0. The molecule has 6 heteroatoms. The van der Waals surface area contributed by atoms with Gasteiger partial charge in [0.2, 0.25) is 5.82 Å². The van der Waals surface area contributed by atoms with Crippen LogP contribution in [0.25, 0.3) is 0 Å². The van der Waals surface area contributed by atoms with Crippen LogP contribution in [0.4, 0.5) is 5.69 Å². The van der Waals surface area contributed by atoms with Crippen molar-refractivity contribution in [1.29, 1.82) is 0 Å². The summed E-state index contributed by atoms with van der Waals surface area (Å²) < 4.78 is 0. The molecule has 0 aliphatic carbocycles. The lowest BCUT2D eigenvalue weighted by atomic mass is 10.2. The maximum atomic E-state index is 12.4. The van der Waals surface area contributed by atoms with Crippen molar-refractivity contribution in [3.63, 3.8) is 0 Å². The molecule has 0 saturated carbocycles. The summed E-state index contributed by atoms with van der Waals surface area (Å²) in [6, 6.07) is 8.88. The van der Waals surface area contributed by atoms with Gasteiger partial charge in [0.25, 0.3) is 5.91 Å². The fourth-order valence-corrected chi connectivity index (χ4v) is 2.25. The Morgan fingerprint density at radius 2 is 2.00 bits per heavy atom. The number of fused-ring (bicyclic) bond motifs is 1. The van der Waals surface area contributed by atoms with Gasteiger partial charge in [0.05, 0.1) is 0 Å². The maximum absolute atomic E-state index is 12.4. The van der Waals surface area contributed by atoms with Gasteiger partial charge in [-0.3, -0.25) is 4.79 Å². The van der Waals surface area contributed by atoms with E-state index in [0.717, 1.165) is 17.7 Å². The van der Waals surface area contributed by atoms with Crippen molar-refractivity contribution in [3.05, 3.63) is 53.6 Å². The second-order valence-electron chi connectivity index (χ2n) is 4.41. The van der Waals surface area contributed by atoms with Gasteiger partial charge in [0, 0.05) is 18.4 Å². The van der Waals surface area contributed by atoms with Crippen LogP contribution in [-0.2, 0) is 6.42 Å². The Labute approximate surface area is 114 Å². The summed E-state index contributed by atoms with van der Waals surface area (Å²) in [6.45, 7) is 0.554. The molecule has 0 saturated heterocycles. The maximum Gasteiger partial charge on any atom is 0.354 e. The number of nitrogens with zero attached hydrogens (tertiary/aromatic N) is 3. The summed E-state index contributed by atoms with van der Waals surface area (Å²) in [6.07, 6.45) is 2.06. The highest BCUT2D eigenvalue weighted by atomic mass is 16.4. The number of aromatic nitrogens is 2. The summed E-state index contributed by atoms with van der Waals surface area (Å²) in [7, 11) is 0. The van der Waals surface area contributed by atoms with Gasteiger partial charge < -0.3 is 10.0 Å². The minimum atomic E-state index is -1.18. The van der Waals surface area contributed by atoms with Crippen LogP contribution in [0.5, 0.6) is 0 Å². The first-order chi connectivity index (χ1) is 9.66. The fourth-order valence-electron chi connectivity index (χ4n) is 2.25.